The van der Waals surface area contributed by atoms with Crippen LogP contribution in [0.3, 0.4) is 0 Å². The van der Waals surface area contributed by atoms with Crippen LogP contribution in [0, 0.1) is 13.8 Å². The normalized spacial score (nSPS) is 12.5. The summed E-state index contributed by atoms with van der Waals surface area (Å²) in [4.78, 5) is 4.41. The fourth-order valence-corrected chi connectivity index (χ4v) is 2.96. The van der Waals surface area contributed by atoms with Gasteiger partial charge in [-0.3, -0.25) is 0 Å². The lowest BCUT2D eigenvalue weighted by Crippen LogP contribution is -2.03. The molecule has 3 heterocycles. The first kappa shape index (κ1) is 16.3. The number of hydrogen-bond donors (Lipinski definition) is 1. The molecule has 0 bridgehead atoms. The fraction of sp³-hybridized carbons (Fsp3) is 0.158. The van der Waals surface area contributed by atoms with Crippen LogP contribution in [0.1, 0.15) is 11.1 Å². The molecule has 1 aliphatic rings. The maximum absolute atomic E-state index is 6.25. The van der Waals surface area contributed by atoms with Crippen LogP contribution in [0.2, 0.25) is 0 Å². The molecule has 5 rings (SSSR count). The zero-order valence-electron chi connectivity index (χ0n) is 15.2. The minimum atomic E-state index is 0.195. The molecular weight excluding hydrogens is 360 g/mol. The van der Waals surface area contributed by atoms with Crippen molar-refractivity contribution in [1.29, 1.82) is 0 Å². The van der Waals surface area contributed by atoms with E-state index in [-0.39, 0.29) is 12.7 Å². The molecule has 0 saturated carbocycles. The summed E-state index contributed by atoms with van der Waals surface area (Å²) in [6.07, 6.45) is 0. The van der Waals surface area contributed by atoms with E-state index in [0.29, 0.717) is 28.8 Å². The fourth-order valence-electron chi connectivity index (χ4n) is 2.96. The largest absolute Gasteiger partial charge is 0.454 e. The highest BCUT2D eigenvalue weighted by Crippen LogP contribution is 2.35. The molecule has 0 unspecified atom stereocenters. The van der Waals surface area contributed by atoms with Crippen LogP contribution in [0.4, 0.5) is 5.82 Å². The van der Waals surface area contributed by atoms with Gasteiger partial charge in [-0.25, -0.2) is 0 Å². The van der Waals surface area contributed by atoms with Crippen molar-refractivity contribution in [2.75, 3.05) is 12.5 Å². The number of benzene rings is 2. The Morgan fingerprint density at radius 3 is 2.71 bits per heavy atom. The summed E-state index contributed by atoms with van der Waals surface area (Å²) >= 11 is 0. The van der Waals surface area contributed by atoms with E-state index in [1.54, 1.807) is 16.8 Å². The quantitative estimate of drug-likeness (QED) is 0.580. The number of aromatic nitrogens is 5. The monoisotopic (exact) mass is 376 g/mol. The SMILES string of the molecule is Cc1ccc(-n2nnc(-c3nc(-c4ccc5c(c4)OCO5)no3)c2N)cc1C. The third-order valence-electron chi connectivity index (χ3n) is 4.70. The molecule has 4 aromatic rings. The molecule has 0 fully saturated rings. The molecule has 0 saturated heterocycles. The summed E-state index contributed by atoms with van der Waals surface area (Å²) in [5.41, 5.74) is 10.5. The molecule has 0 atom stereocenters. The van der Waals surface area contributed by atoms with E-state index in [4.69, 9.17) is 19.7 Å². The third-order valence-corrected chi connectivity index (χ3v) is 4.70. The molecule has 0 aliphatic carbocycles. The summed E-state index contributed by atoms with van der Waals surface area (Å²) in [6.45, 7) is 4.28. The van der Waals surface area contributed by atoms with Crippen molar-refractivity contribution in [3.05, 3.63) is 47.5 Å². The number of ether oxygens (including phenoxy) is 2. The second kappa shape index (κ2) is 6.08. The molecule has 140 valence electrons. The molecule has 0 spiro atoms. The molecule has 28 heavy (non-hydrogen) atoms. The topological polar surface area (TPSA) is 114 Å². The molecule has 9 nitrogen and oxygen atoms in total. The van der Waals surface area contributed by atoms with Gasteiger partial charge in [0.25, 0.3) is 5.89 Å². The average molecular weight is 376 g/mol. The maximum Gasteiger partial charge on any atom is 0.282 e. The number of nitrogen functional groups attached to an aromatic ring is 1. The van der Waals surface area contributed by atoms with Gasteiger partial charge in [0.05, 0.1) is 5.69 Å². The van der Waals surface area contributed by atoms with Crippen LogP contribution in [-0.2, 0) is 0 Å². The lowest BCUT2D eigenvalue weighted by Gasteiger charge is -2.06. The van der Waals surface area contributed by atoms with E-state index in [0.717, 1.165) is 16.8 Å². The standard InChI is InChI=1S/C19H16N6O3/c1-10-3-5-13(7-11(10)2)25-17(20)16(22-24-25)19-21-18(23-28-19)12-4-6-14-15(8-12)27-9-26-14/h3-8H,9,20H2,1-2H3. The molecule has 0 amide bonds. The highest BCUT2D eigenvalue weighted by molar-refractivity contribution is 5.67. The van der Waals surface area contributed by atoms with Crippen molar-refractivity contribution < 1.29 is 14.0 Å². The minimum absolute atomic E-state index is 0.195. The predicted octanol–water partition coefficient (Wildman–Crippen LogP) is 2.91. The first-order chi connectivity index (χ1) is 13.6. The van der Waals surface area contributed by atoms with E-state index < -0.39 is 0 Å². The Kier molecular flexibility index (Phi) is 3.54. The van der Waals surface area contributed by atoms with Gasteiger partial charge in [-0.15, -0.1) is 5.10 Å². The van der Waals surface area contributed by atoms with Crippen molar-refractivity contribution in [2.45, 2.75) is 13.8 Å². The summed E-state index contributed by atoms with van der Waals surface area (Å²) in [6, 6.07) is 11.4. The Balaban J connectivity index is 1.49. The second-order valence-corrected chi connectivity index (χ2v) is 6.49. The molecule has 9 heteroatoms. The van der Waals surface area contributed by atoms with Crippen LogP contribution in [0.15, 0.2) is 40.9 Å². The maximum atomic E-state index is 6.25. The van der Waals surface area contributed by atoms with Gasteiger partial charge < -0.3 is 19.7 Å². The highest BCUT2D eigenvalue weighted by Gasteiger charge is 2.21. The number of nitrogens with zero attached hydrogens (tertiary/aromatic N) is 5. The van der Waals surface area contributed by atoms with Crippen molar-refractivity contribution in [1.82, 2.24) is 25.1 Å². The van der Waals surface area contributed by atoms with Crippen molar-refractivity contribution in [3.8, 4) is 40.2 Å². The zero-order valence-corrected chi connectivity index (χ0v) is 15.2. The number of hydrogen-bond acceptors (Lipinski definition) is 8. The van der Waals surface area contributed by atoms with Gasteiger partial charge in [0.1, 0.15) is 0 Å². The van der Waals surface area contributed by atoms with Crippen LogP contribution >= 0.6 is 0 Å². The Morgan fingerprint density at radius 2 is 1.86 bits per heavy atom. The van der Waals surface area contributed by atoms with Crippen molar-refractivity contribution in [3.63, 3.8) is 0 Å². The molecular formula is C19H16N6O3. The van der Waals surface area contributed by atoms with Crippen LogP contribution in [0.25, 0.3) is 28.7 Å². The zero-order chi connectivity index (χ0) is 19.3. The first-order valence-corrected chi connectivity index (χ1v) is 8.63. The Bertz CT molecular complexity index is 1200. The lowest BCUT2D eigenvalue weighted by atomic mass is 10.1. The number of aryl methyl sites for hydroxylation is 2. The Labute approximate surface area is 159 Å². The van der Waals surface area contributed by atoms with E-state index in [2.05, 4.69) is 20.5 Å². The molecule has 2 aromatic heterocycles. The smallest absolute Gasteiger partial charge is 0.282 e. The van der Waals surface area contributed by atoms with Gasteiger partial charge in [0.15, 0.2) is 23.0 Å². The molecule has 0 radical (unpaired) electrons. The number of nitrogens with two attached hydrogens (primary N) is 1. The summed E-state index contributed by atoms with van der Waals surface area (Å²) < 4.78 is 17.6. The Morgan fingerprint density at radius 1 is 1.00 bits per heavy atom. The first-order valence-electron chi connectivity index (χ1n) is 8.63. The van der Waals surface area contributed by atoms with Crippen LogP contribution in [0.5, 0.6) is 11.5 Å². The number of fused-ring (bicyclic) bond motifs is 1. The minimum Gasteiger partial charge on any atom is -0.454 e. The van der Waals surface area contributed by atoms with Gasteiger partial charge in [-0.1, -0.05) is 16.4 Å². The summed E-state index contributed by atoms with van der Waals surface area (Å²) in [5.74, 6) is 2.25. The third kappa shape index (κ3) is 2.56. The van der Waals surface area contributed by atoms with E-state index in [1.165, 1.54) is 5.56 Å². The van der Waals surface area contributed by atoms with Crippen molar-refractivity contribution >= 4 is 5.82 Å². The predicted molar refractivity (Wildman–Crippen MR) is 100 cm³/mol. The highest BCUT2D eigenvalue weighted by atomic mass is 16.7. The van der Waals surface area contributed by atoms with E-state index in [9.17, 15) is 0 Å². The molecule has 2 aromatic carbocycles. The van der Waals surface area contributed by atoms with Gasteiger partial charge in [-0.2, -0.15) is 9.67 Å². The average Bonchev–Trinajstić information content (AvgIpc) is 3.42. The molecule has 1 aliphatic heterocycles. The van der Waals surface area contributed by atoms with Crippen molar-refractivity contribution in [2.24, 2.45) is 0 Å². The lowest BCUT2D eigenvalue weighted by molar-refractivity contribution is 0.174. The summed E-state index contributed by atoms with van der Waals surface area (Å²) in [5, 5.41) is 12.3. The number of rotatable bonds is 3. The van der Waals surface area contributed by atoms with Crippen LogP contribution < -0.4 is 15.2 Å². The van der Waals surface area contributed by atoms with E-state index in [1.807, 2.05) is 38.1 Å². The number of anilines is 1. The molecule has 2 N–H and O–H groups in total. The van der Waals surface area contributed by atoms with Gasteiger partial charge in [-0.05, 0) is 55.3 Å². The summed E-state index contributed by atoms with van der Waals surface area (Å²) in [7, 11) is 0. The van der Waals surface area contributed by atoms with Gasteiger partial charge in [0.2, 0.25) is 12.6 Å². The Hall–Kier alpha value is -3.88. The second-order valence-electron chi connectivity index (χ2n) is 6.49. The van der Waals surface area contributed by atoms with Gasteiger partial charge >= 0.3 is 0 Å². The van der Waals surface area contributed by atoms with Crippen LogP contribution in [-0.4, -0.2) is 31.9 Å². The van der Waals surface area contributed by atoms with E-state index >= 15 is 0 Å². The van der Waals surface area contributed by atoms with Gasteiger partial charge in [0, 0.05) is 5.56 Å².